The van der Waals surface area contributed by atoms with Crippen molar-refractivity contribution in [2.24, 2.45) is 5.73 Å². The molecule has 1 atom stereocenters. The van der Waals surface area contributed by atoms with E-state index in [-0.39, 0.29) is 11.6 Å². The molecule has 1 fully saturated rings. The van der Waals surface area contributed by atoms with E-state index in [9.17, 15) is 13.6 Å². The molecule has 0 spiro atoms. The van der Waals surface area contributed by atoms with Gasteiger partial charge in [-0.05, 0) is 25.0 Å². The maximum atomic E-state index is 13.7. The number of hydrogen-bond donors (Lipinski definition) is 1. The summed E-state index contributed by atoms with van der Waals surface area (Å²) in [6, 6.07) is 2.33. The number of benzene rings is 1. The lowest BCUT2D eigenvalue weighted by atomic mass is 10.1. The molecule has 1 amide bonds. The second-order valence-electron chi connectivity index (χ2n) is 4.35. The lowest BCUT2D eigenvalue weighted by Gasteiger charge is -2.17. The average Bonchev–Trinajstić information content (AvgIpc) is 2.71. The molecule has 3 nitrogen and oxygen atoms in total. The van der Waals surface area contributed by atoms with Crippen LogP contribution in [0.4, 0.5) is 8.78 Å². The first-order chi connectivity index (χ1) is 8.00. The molecule has 0 aromatic heterocycles. The second-order valence-corrected chi connectivity index (χ2v) is 4.35. The molecule has 2 rings (SSSR count). The van der Waals surface area contributed by atoms with Gasteiger partial charge < -0.3 is 10.6 Å². The van der Waals surface area contributed by atoms with Gasteiger partial charge in [0.25, 0.3) is 5.91 Å². The molecule has 5 heteroatoms. The van der Waals surface area contributed by atoms with Crippen LogP contribution in [0.2, 0.25) is 0 Å². The van der Waals surface area contributed by atoms with Crippen LogP contribution in [-0.2, 0) is 0 Å². The van der Waals surface area contributed by atoms with Gasteiger partial charge >= 0.3 is 0 Å². The van der Waals surface area contributed by atoms with E-state index in [4.69, 9.17) is 5.73 Å². The van der Waals surface area contributed by atoms with Crippen molar-refractivity contribution in [3.63, 3.8) is 0 Å². The second kappa shape index (κ2) is 4.41. The molecule has 92 valence electrons. The summed E-state index contributed by atoms with van der Waals surface area (Å²) >= 11 is 0. The van der Waals surface area contributed by atoms with E-state index in [2.05, 4.69) is 0 Å². The van der Waals surface area contributed by atoms with E-state index >= 15 is 0 Å². The third kappa shape index (κ3) is 2.15. The number of halogens is 2. The minimum absolute atomic E-state index is 0.102. The highest BCUT2D eigenvalue weighted by atomic mass is 19.1. The summed E-state index contributed by atoms with van der Waals surface area (Å²) in [5.41, 5.74) is 5.45. The smallest absolute Gasteiger partial charge is 0.259 e. The number of hydrogen-bond acceptors (Lipinski definition) is 2. The number of aryl methyl sites for hydroxylation is 1. The van der Waals surface area contributed by atoms with Gasteiger partial charge in [-0.1, -0.05) is 6.07 Å². The van der Waals surface area contributed by atoms with E-state index in [0.717, 1.165) is 6.07 Å². The number of rotatable bonds is 1. The summed E-state index contributed by atoms with van der Waals surface area (Å²) < 4.78 is 27.3. The van der Waals surface area contributed by atoms with Crippen molar-refractivity contribution in [2.45, 2.75) is 19.4 Å². The maximum absolute atomic E-state index is 13.7. The molecule has 1 unspecified atom stereocenters. The fraction of sp³-hybridized carbons (Fsp3) is 0.417. The highest BCUT2D eigenvalue weighted by Gasteiger charge is 2.28. The first kappa shape index (κ1) is 12.0. The van der Waals surface area contributed by atoms with Crippen LogP contribution >= 0.6 is 0 Å². The number of nitrogens with zero attached hydrogens (tertiary/aromatic N) is 1. The Labute approximate surface area is 98.2 Å². The van der Waals surface area contributed by atoms with Crippen LogP contribution in [0.25, 0.3) is 0 Å². The van der Waals surface area contributed by atoms with Crippen molar-refractivity contribution < 1.29 is 13.6 Å². The van der Waals surface area contributed by atoms with Crippen LogP contribution in [0.5, 0.6) is 0 Å². The Morgan fingerprint density at radius 1 is 1.47 bits per heavy atom. The molecule has 2 N–H and O–H groups in total. The Bertz CT molecular complexity index is 462. The Hall–Kier alpha value is -1.49. The van der Waals surface area contributed by atoms with E-state index in [1.54, 1.807) is 0 Å². The predicted molar refractivity (Wildman–Crippen MR) is 59.6 cm³/mol. The first-order valence-corrected chi connectivity index (χ1v) is 5.50. The Morgan fingerprint density at radius 3 is 2.76 bits per heavy atom. The Kier molecular flexibility index (Phi) is 3.11. The zero-order valence-corrected chi connectivity index (χ0v) is 9.54. The molecule has 1 aliphatic rings. The zero-order valence-electron chi connectivity index (χ0n) is 9.54. The summed E-state index contributed by atoms with van der Waals surface area (Å²) in [7, 11) is 0. The van der Waals surface area contributed by atoms with Gasteiger partial charge in [0, 0.05) is 19.1 Å². The zero-order chi connectivity index (χ0) is 12.6. The first-order valence-electron chi connectivity index (χ1n) is 5.50. The van der Waals surface area contributed by atoms with Crippen molar-refractivity contribution >= 4 is 5.91 Å². The highest BCUT2D eigenvalue weighted by Crippen LogP contribution is 2.20. The number of likely N-dealkylation sites (tertiary alicyclic amines) is 1. The summed E-state index contributed by atoms with van der Waals surface area (Å²) in [6.45, 7) is 2.31. The van der Waals surface area contributed by atoms with Crippen LogP contribution in [-0.4, -0.2) is 29.9 Å². The third-order valence-electron chi connectivity index (χ3n) is 3.01. The largest absolute Gasteiger partial charge is 0.337 e. The number of carbonyl (C=O) groups excluding carboxylic acids is 1. The van der Waals surface area contributed by atoms with Crippen LogP contribution in [0.15, 0.2) is 12.1 Å². The van der Waals surface area contributed by atoms with E-state index in [0.29, 0.717) is 19.5 Å². The number of carbonyl (C=O) groups is 1. The topological polar surface area (TPSA) is 46.3 Å². The summed E-state index contributed by atoms with van der Waals surface area (Å²) in [5.74, 6) is -2.22. The normalized spacial score (nSPS) is 19.8. The number of amides is 1. The third-order valence-corrected chi connectivity index (χ3v) is 3.01. The van der Waals surface area contributed by atoms with Gasteiger partial charge in [0.2, 0.25) is 0 Å². The molecule has 1 aromatic rings. The van der Waals surface area contributed by atoms with E-state index in [1.807, 2.05) is 0 Å². The molecule has 17 heavy (non-hydrogen) atoms. The van der Waals surface area contributed by atoms with Crippen LogP contribution in [0.1, 0.15) is 22.3 Å². The minimum atomic E-state index is -0.821. The monoisotopic (exact) mass is 240 g/mol. The van der Waals surface area contributed by atoms with Gasteiger partial charge in [0.1, 0.15) is 17.2 Å². The fourth-order valence-corrected chi connectivity index (χ4v) is 1.98. The quantitative estimate of drug-likeness (QED) is 0.807. The minimum Gasteiger partial charge on any atom is -0.337 e. The molecule has 0 aliphatic carbocycles. The Balaban J connectivity index is 2.34. The van der Waals surface area contributed by atoms with E-state index < -0.39 is 23.1 Å². The Morgan fingerprint density at radius 2 is 2.18 bits per heavy atom. The molecule has 0 saturated carbocycles. The SMILES string of the molecule is Cc1ccc(F)c(C(=O)N2CCC(N)C2)c1F. The molecule has 1 aromatic carbocycles. The standard InChI is InChI=1S/C12H14F2N2O/c1-7-2-3-9(13)10(11(7)14)12(17)16-5-4-8(15)6-16/h2-3,8H,4-6,15H2,1H3. The van der Waals surface area contributed by atoms with E-state index in [1.165, 1.54) is 17.9 Å². The van der Waals surface area contributed by atoms with Crippen LogP contribution in [0, 0.1) is 18.6 Å². The van der Waals surface area contributed by atoms with Crippen molar-refractivity contribution in [1.29, 1.82) is 0 Å². The lowest BCUT2D eigenvalue weighted by molar-refractivity contribution is 0.0781. The highest BCUT2D eigenvalue weighted by molar-refractivity contribution is 5.95. The number of nitrogens with two attached hydrogens (primary N) is 1. The van der Waals surface area contributed by atoms with Gasteiger partial charge in [-0.25, -0.2) is 8.78 Å². The van der Waals surface area contributed by atoms with Gasteiger partial charge in [-0.2, -0.15) is 0 Å². The molecule has 0 bridgehead atoms. The molecular formula is C12H14F2N2O. The van der Waals surface area contributed by atoms with Crippen molar-refractivity contribution in [2.75, 3.05) is 13.1 Å². The average molecular weight is 240 g/mol. The van der Waals surface area contributed by atoms with Crippen LogP contribution < -0.4 is 5.73 Å². The molecular weight excluding hydrogens is 226 g/mol. The van der Waals surface area contributed by atoms with Gasteiger partial charge in [0.15, 0.2) is 0 Å². The predicted octanol–water partition coefficient (Wildman–Crippen LogP) is 1.45. The lowest BCUT2D eigenvalue weighted by Crippen LogP contribution is -2.33. The summed E-state index contributed by atoms with van der Waals surface area (Å²) in [4.78, 5) is 13.4. The molecule has 1 heterocycles. The summed E-state index contributed by atoms with van der Waals surface area (Å²) in [6.07, 6.45) is 0.667. The van der Waals surface area contributed by atoms with Gasteiger partial charge in [0.05, 0.1) is 0 Å². The maximum Gasteiger partial charge on any atom is 0.259 e. The van der Waals surface area contributed by atoms with Gasteiger partial charge in [-0.3, -0.25) is 4.79 Å². The van der Waals surface area contributed by atoms with Crippen LogP contribution in [0.3, 0.4) is 0 Å². The van der Waals surface area contributed by atoms with Crippen molar-refractivity contribution in [3.8, 4) is 0 Å². The van der Waals surface area contributed by atoms with Crippen molar-refractivity contribution in [1.82, 2.24) is 4.90 Å². The molecule has 0 radical (unpaired) electrons. The molecule has 1 aliphatic heterocycles. The summed E-state index contributed by atoms with van der Waals surface area (Å²) in [5, 5.41) is 0. The van der Waals surface area contributed by atoms with Gasteiger partial charge in [-0.15, -0.1) is 0 Å². The fourth-order valence-electron chi connectivity index (χ4n) is 1.98. The van der Waals surface area contributed by atoms with Crippen molar-refractivity contribution in [3.05, 3.63) is 34.9 Å². The molecule has 1 saturated heterocycles.